The van der Waals surface area contributed by atoms with Gasteiger partial charge < -0.3 is 10.2 Å². The van der Waals surface area contributed by atoms with Crippen LogP contribution in [-0.4, -0.2) is 42.7 Å². The van der Waals surface area contributed by atoms with Crippen molar-refractivity contribution in [2.45, 2.75) is 39.2 Å². The summed E-state index contributed by atoms with van der Waals surface area (Å²) in [7, 11) is 2.08. The van der Waals surface area contributed by atoms with E-state index in [-0.39, 0.29) is 11.3 Å². The van der Waals surface area contributed by atoms with E-state index in [1.54, 1.807) is 0 Å². The van der Waals surface area contributed by atoms with Crippen molar-refractivity contribution < 1.29 is 4.79 Å². The van der Waals surface area contributed by atoms with Gasteiger partial charge in [-0.2, -0.15) is 12.6 Å². The van der Waals surface area contributed by atoms with Crippen LogP contribution in [0, 0.1) is 5.41 Å². The maximum atomic E-state index is 11.6. The molecular formula is C12H24N2OS. The van der Waals surface area contributed by atoms with Gasteiger partial charge in [0.2, 0.25) is 5.91 Å². The average Bonchev–Trinajstić information content (AvgIpc) is 2.98. The minimum Gasteiger partial charge on any atom is -0.355 e. The molecule has 0 saturated heterocycles. The lowest BCUT2D eigenvalue weighted by atomic mass is 10.1. The molecule has 3 nitrogen and oxygen atoms in total. The van der Waals surface area contributed by atoms with Crippen LogP contribution in [0.4, 0.5) is 0 Å². The van der Waals surface area contributed by atoms with E-state index < -0.39 is 0 Å². The monoisotopic (exact) mass is 244 g/mol. The van der Waals surface area contributed by atoms with Gasteiger partial charge in [0.1, 0.15) is 0 Å². The largest absolute Gasteiger partial charge is 0.355 e. The zero-order valence-electron chi connectivity index (χ0n) is 10.6. The smallest absolute Gasteiger partial charge is 0.220 e. The number of carbonyl (C=O) groups is 1. The molecule has 0 aromatic rings. The summed E-state index contributed by atoms with van der Waals surface area (Å²) in [4.78, 5) is 13.9. The maximum absolute atomic E-state index is 11.6. The van der Waals surface area contributed by atoms with Crippen molar-refractivity contribution in [1.82, 2.24) is 10.2 Å². The minimum atomic E-state index is 0.184. The zero-order valence-corrected chi connectivity index (χ0v) is 11.5. The van der Waals surface area contributed by atoms with E-state index in [9.17, 15) is 4.79 Å². The molecule has 1 N–H and O–H groups in total. The molecule has 1 aliphatic carbocycles. The fourth-order valence-corrected chi connectivity index (χ4v) is 2.03. The van der Waals surface area contributed by atoms with Crippen molar-refractivity contribution in [1.29, 1.82) is 0 Å². The summed E-state index contributed by atoms with van der Waals surface area (Å²) in [5.74, 6) is 1.02. The molecule has 0 unspecified atom stereocenters. The number of amides is 1. The van der Waals surface area contributed by atoms with Gasteiger partial charge in [0, 0.05) is 25.6 Å². The Balaban J connectivity index is 2.11. The topological polar surface area (TPSA) is 32.3 Å². The van der Waals surface area contributed by atoms with Gasteiger partial charge in [0.15, 0.2) is 0 Å². The van der Waals surface area contributed by atoms with Crippen LogP contribution in [0.5, 0.6) is 0 Å². The molecule has 0 aromatic heterocycles. The highest BCUT2D eigenvalue weighted by Crippen LogP contribution is 2.49. The van der Waals surface area contributed by atoms with Crippen LogP contribution in [0.1, 0.15) is 33.1 Å². The Hall–Kier alpha value is -0.220. The Morgan fingerprint density at radius 1 is 1.50 bits per heavy atom. The Morgan fingerprint density at radius 2 is 2.12 bits per heavy atom. The third-order valence-corrected chi connectivity index (χ3v) is 4.17. The van der Waals surface area contributed by atoms with Gasteiger partial charge in [0.25, 0.3) is 0 Å². The Bertz CT molecular complexity index is 239. The predicted octanol–water partition coefficient (Wildman–Crippen LogP) is 1.54. The van der Waals surface area contributed by atoms with Crippen molar-refractivity contribution in [3.8, 4) is 0 Å². The molecule has 0 atom stereocenters. The highest BCUT2D eigenvalue weighted by atomic mass is 32.1. The average molecular weight is 244 g/mol. The van der Waals surface area contributed by atoms with E-state index in [1.165, 1.54) is 0 Å². The summed E-state index contributed by atoms with van der Waals surface area (Å²) < 4.78 is 0. The summed E-state index contributed by atoms with van der Waals surface area (Å²) in [5, 5.41) is 2.98. The summed E-state index contributed by atoms with van der Waals surface area (Å²) in [6, 6.07) is 0.532. The summed E-state index contributed by atoms with van der Waals surface area (Å²) in [6.45, 7) is 5.97. The van der Waals surface area contributed by atoms with Gasteiger partial charge >= 0.3 is 0 Å². The van der Waals surface area contributed by atoms with Crippen LogP contribution in [0.25, 0.3) is 0 Å². The second kappa shape index (κ2) is 5.92. The summed E-state index contributed by atoms with van der Waals surface area (Å²) in [6.07, 6.45) is 2.98. The minimum absolute atomic E-state index is 0.184. The zero-order chi connectivity index (χ0) is 12.2. The molecule has 0 spiro atoms. The normalized spacial score (nSPS) is 17.9. The quantitative estimate of drug-likeness (QED) is 0.666. The Kier molecular flexibility index (Phi) is 5.12. The van der Waals surface area contributed by atoms with E-state index in [2.05, 4.69) is 43.7 Å². The van der Waals surface area contributed by atoms with Crippen LogP contribution in [0.2, 0.25) is 0 Å². The number of likely N-dealkylation sites (N-methyl/N-ethyl adjacent to an activating group) is 1. The van der Waals surface area contributed by atoms with Crippen molar-refractivity contribution in [2.75, 3.05) is 25.9 Å². The van der Waals surface area contributed by atoms with Crippen molar-refractivity contribution in [2.24, 2.45) is 5.41 Å². The molecule has 1 rings (SSSR count). The first kappa shape index (κ1) is 13.8. The number of thiol groups is 1. The highest BCUT2D eigenvalue weighted by molar-refractivity contribution is 7.80. The van der Waals surface area contributed by atoms with Gasteiger partial charge in [-0.3, -0.25) is 4.79 Å². The van der Waals surface area contributed by atoms with E-state index in [1.807, 2.05) is 0 Å². The van der Waals surface area contributed by atoms with Gasteiger partial charge in [0.05, 0.1) is 0 Å². The third-order valence-electron chi connectivity index (χ3n) is 3.50. The number of carbonyl (C=O) groups excluding carboxylic acids is 1. The van der Waals surface area contributed by atoms with E-state index in [0.717, 1.165) is 31.7 Å². The Labute approximate surface area is 104 Å². The van der Waals surface area contributed by atoms with Gasteiger partial charge in [-0.25, -0.2) is 0 Å². The molecule has 1 amide bonds. The van der Waals surface area contributed by atoms with Crippen molar-refractivity contribution in [3.05, 3.63) is 0 Å². The van der Waals surface area contributed by atoms with Gasteiger partial charge in [-0.1, -0.05) is 0 Å². The number of nitrogens with zero attached hydrogens (tertiary/aromatic N) is 1. The lowest BCUT2D eigenvalue weighted by Gasteiger charge is -2.21. The molecule has 1 fully saturated rings. The van der Waals surface area contributed by atoms with Crippen LogP contribution in [0.15, 0.2) is 0 Å². The third kappa shape index (κ3) is 4.34. The molecule has 1 saturated carbocycles. The molecule has 0 bridgehead atoms. The molecule has 16 heavy (non-hydrogen) atoms. The van der Waals surface area contributed by atoms with Crippen LogP contribution >= 0.6 is 12.6 Å². The standard InChI is InChI=1S/C12H24N2OS/c1-10(2)14(3)7-6-13-11(15)8-12(9-16)4-5-12/h10,16H,4-9H2,1-3H3,(H,13,15). The van der Waals surface area contributed by atoms with E-state index in [0.29, 0.717) is 12.5 Å². The van der Waals surface area contributed by atoms with Crippen molar-refractivity contribution >= 4 is 18.5 Å². The molecule has 0 radical (unpaired) electrons. The summed E-state index contributed by atoms with van der Waals surface area (Å²) >= 11 is 4.30. The predicted molar refractivity (Wildman–Crippen MR) is 70.9 cm³/mol. The lowest BCUT2D eigenvalue weighted by molar-refractivity contribution is -0.122. The van der Waals surface area contributed by atoms with Crippen LogP contribution in [-0.2, 0) is 4.79 Å². The molecule has 0 heterocycles. The fraction of sp³-hybridized carbons (Fsp3) is 0.917. The lowest BCUT2D eigenvalue weighted by Crippen LogP contribution is -2.36. The molecular weight excluding hydrogens is 220 g/mol. The van der Waals surface area contributed by atoms with Gasteiger partial charge in [-0.05, 0) is 44.9 Å². The second-order valence-electron chi connectivity index (χ2n) is 5.26. The highest BCUT2D eigenvalue weighted by Gasteiger charge is 2.42. The first-order valence-electron chi connectivity index (χ1n) is 6.07. The second-order valence-corrected chi connectivity index (χ2v) is 5.58. The SMILES string of the molecule is CC(C)N(C)CCNC(=O)CC1(CS)CC1. The molecule has 1 aliphatic rings. The molecule has 4 heteroatoms. The summed E-state index contributed by atoms with van der Waals surface area (Å²) in [5.41, 5.74) is 0.233. The van der Waals surface area contributed by atoms with Crippen LogP contribution < -0.4 is 5.32 Å². The first-order valence-corrected chi connectivity index (χ1v) is 6.70. The number of hydrogen-bond acceptors (Lipinski definition) is 3. The molecule has 0 aliphatic heterocycles. The fourth-order valence-electron chi connectivity index (χ4n) is 1.60. The number of nitrogens with one attached hydrogen (secondary N) is 1. The first-order chi connectivity index (χ1) is 7.49. The molecule has 94 valence electrons. The number of rotatable bonds is 7. The Morgan fingerprint density at radius 3 is 2.56 bits per heavy atom. The maximum Gasteiger partial charge on any atom is 0.220 e. The number of hydrogen-bond donors (Lipinski definition) is 2. The van der Waals surface area contributed by atoms with E-state index in [4.69, 9.17) is 0 Å². The molecule has 0 aromatic carbocycles. The van der Waals surface area contributed by atoms with Crippen molar-refractivity contribution in [3.63, 3.8) is 0 Å². The van der Waals surface area contributed by atoms with Crippen LogP contribution in [0.3, 0.4) is 0 Å². The van der Waals surface area contributed by atoms with Gasteiger partial charge in [-0.15, -0.1) is 0 Å². The van der Waals surface area contributed by atoms with E-state index >= 15 is 0 Å².